The Balaban J connectivity index is 1.88. The molecule has 0 aliphatic rings. The first-order chi connectivity index (χ1) is 8.29. The monoisotopic (exact) mass is 238 g/mol. The summed E-state index contributed by atoms with van der Waals surface area (Å²) in [4.78, 5) is 0. The summed E-state index contributed by atoms with van der Waals surface area (Å²) in [7, 11) is 0. The Hall–Kier alpha value is -0.900. The Bertz CT molecular complexity index is 272. The van der Waals surface area contributed by atoms with E-state index in [0.717, 1.165) is 25.9 Å². The van der Waals surface area contributed by atoms with E-state index in [0.29, 0.717) is 13.2 Å². The van der Waals surface area contributed by atoms with Crippen LogP contribution in [-0.4, -0.2) is 24.6 Å². The molecule has 0 amide bonds. The summed E-state index contributed by atoms with van der Waals surface area (Å²) in [5.74, 6) is 0. The van der Waals surface area contributed by atoms with E-state index >= 15 is 0 Å². The first-order valence-corrected chi connectivity index (χ1v) is 6.20. The molecule has 0 aromatic heterocycles. The molecule has 0 bridgehead atoms. The van der Waals surface area contributed by atoms with Gasteiger partial charge in [-0.25, -0.2) is 0 Å². The fraction of sp³-hybridized carbons (Fsp3) is 0.571. The van der Waals surface area contributed by atoms with Crippen LogP contribution in [0.4, 0.5) is 0 Å². The third-order valence-electron chi connectivity index (χ3n) is 2.40. The molecule has 0 saturated carbocycles. The van der Waals surface area contributed by atoms with Crippen molar-refractivity contribution in [1.29, 1.82) is 0 Å². The quantitative estimate of drug-likeness (QED) is 0.531. The van der Waals surface area contributed by atoms with Gasteiger partial charge in [0.2, 0.25) is 0 Å². The van der Waals surface area contributed by atoms with Crippen molar-refractivity contribution in [3.05, 3.63) is 35.9 Å². The van der Waals surface area contributed by atoms with Crippen LogP contribution in [0.1, 0.15) is 31.7 Å². The van der Waals surface area contributed by atoms with Crippen molar-refractivity contribution in [3.8, 4) is 0 Å². The summed E-state index contributed by atoms with van der Waals surface area (Å²) in [6.45, 7) is 3.72. The Morgan fingerprint density at radius 2 is 1.76 bits per heavy atom. The molecule has 3 nitrogen and oxygen atoms in total. The fourth-order valence-electron chi connectivity index (χ4n) is 1.50. The average molecular weight is 238 g/mol. The van der Waals surface area contributed by atoms with Crippen LogP contribution >= 0.6 is 0 Å². The van der Waals surface area contributed by atoms with E-state index < -0.39 is 6.29 Å². The van der Waals surface area contributed by atoms with E-state index in [1.54, 1.807) is 6.92 Å². The second-order valence-corrected chi connectivity index (χ2v) is 4.07. The van der Waals surface area contributed by atoms with Crippen LogP contribution < -0.4 is 0 Å². The summed E-state index contributed by atoms with van der Waals surface area (Å²) in [6.07, 6.45) is 2.43. The van der Waals surface area contributed by atoms with Crippen molar-refractivity contribution in [2.45, 2.75) is 39.1 Å². The molecule has 1 aromatic rings. The van der Waals surface area contributed by atoms with E-state index in [1.807, 2.05) is 18.2 Å². The molecule has 0 fully saturated rings. The number of aliphatic hydroxyl groups excluding tert-OH is 1. The fourth-order valence-corrected chi connectivity index (χ4v) is 1.50. The minimum atomic E-state index is -0.649. The molecular weight excluding hydrogens is 216 g/mol. The topological polar surface area (TPSA) is 38.7 Å². The van der Waals surface area contributed by atoms with Gasteiger partial charge in [0.05, 0.1) is 6.61 Å². The van der Waals surface area contributed by atoms with Crippen molar-refractivity contribution >= 4 is 0 Å². The van der Waals surface area contributed by atoms with Crippen LogP contribution in [0.15, 0.2) is 30.3 Å². The predicted octanol–water partition coefficient (Wildman–Crippen LogP) is 2.73. The largest absolute Gasteiger partial charge is 0.377 e. The zero-order valence-electron chi connectivity index (χ0n) is 10.5. The van der Waals surface area contributed by atoms with Crippen molar-refractivity contribution in [3.63, 3.8) is 0 Å². The van der Waals surface area contributed by atoms with Crippen molar-refractivity contribution in [1.82, 2.24) is 0 Å². The molecule has 1 N–H and O–H groups in total. The lowest BCUT2D eigenvalue weighted by molar-refractivity contribution is -0.0861. The van der Waals surface area contributed by atoms with E-state index in [2.05, 4.69) is 12.1 Å². The summed E-state index contributed by atoms with van der Waals surface area (Å²) in [5, 5.41) is 8.87. The SMILES string of the molecule is CC(O)OCCCCCOCc1ccccc1. The second kappa shape index (κ2) is 9.16. The maximum atomic E-state index is 8.87. The maximum Gasteiger partial charge on any atom is 0.151 e. The third kappa shape index (κ3) is 7.91. The van der Waals surface area contributed by atoms with Gasteiger partial charge in [-0.2, -0.15) is 0 Å². The van der Waals surface area contributed by atoms with Crippen LogP contribution in [-0.2, 0) is 16.1 Å². The average Bonchev–Trinajstić information content (AvgIpc) is 2.33. The van der Waals surface area contributed by atoms with Gasteiger partial charge in [0.15, 0.2) is 6.29 Å². The van der Waals surface area contributed by atoms with Gasteiger partial charge in [-0.15, -0.1) is 0 Å². The normalized spacial score (nSPS) is 12.6. The first-order valence-electron chi connectivity index (χ1n) is 6.20. The Morgan fingerprint density at radius 3 is 2.47 bits per heavy atom. The number of hydrogen-bond donors (Lipinski definition) is 1. The zero-order valence-corrected chi connectivity index (χ0v) is 10.5. The molecule has 96 valence electrons. The molecule has 0 heterocycles. The van der Waals surface area contributed by atoms with Crippen LogP contribution in [0.5, 0.6) is 0 Å². The van der Waals surface area contributed by atoms with Gasteiger partial charge >= 0.3 is 0 Å². The lowest BCUT2D eigenvalue weighted by atomic mass is 10.2. The number of aliphatic hydroxyl groups is 1. The molecule has 17 heavy (non-hydrogen) atoms. The second-order valence-electron chi connectivity index (χ2n) is 4.07. The van der Waals surface area contributed by atoms with Crippen molar-refractivity contribution in [2.75, 3.05) is 13.2 Å². The standard InChI is InChI=1S/C14H22O3/c1-13(15)17-11-7-3-6-10-16-12-14-8-4-2-5-9-14/h2,4-5,8-9,13,15H,3,6-7,10-12H2,1H3. The smallest absolute Gasteiger partial charge is 0.151 e. The predicted molar refractivity (Wildman–Crippen MR) is 67.6 cm³/mol. The number of ether oxygens (including phenoxy) is 2. The maximum absolute atomic E-state index is 8.87. The van der Waals surface area contributed by atoms with Crippen LogP contribution in [0.25, 0.3) is 0 Å². The van der Waals surface area contributed by atoms with Crippen LogP contribution in [0.2, 0.25) is 0 Å². The minimum Gasteiger partial charge on any atom is -0.377 e. The summed E-state index contributed by atoms with van der Waals surface area (Å²) in [5.41, 5.74) is 1.21. The molecular formula is C14H22O3. The molecule has 1 aromatic carbocycles. The molecule has 1 unspecified atom stereocenters. The number of rotatable bonds is 9. The van der Waals surface area contributed by atoms with Gasteiger partial charge in [0, 0.05) is 13.2 Å². The lowest BCUT2D eigenvalue weighted by Crippen LogP contribution is -2.07. The molecule has 0 saturated heterocycles. The van der Waals surface area contributed by atoms with E-state index in [4.69, 9.17) is 14.6 Å². The first kappa shape index (κ1) is 14.2. The third-order valence-corrected chi connectivity index (χ3v) is 2.40. The highest BCUT2D eigenvalue weighted by Gasteiger charge is 1.95. The summed E-state index contributed by atoms with van der Waals surface area (Å²) in [6, 6.07) is 10.2. The van der Waals surface area contributed by atoms with Gasteiger partial charge in [0.25, 0.3) is 0 Å². The minimum absolute atomic E-state index is 0.621. The van der Waals surface area contributed by atoms with E-state index in [9.17, 15) is 0 Å². The molecule has 0 spiro atoms. The molecule has 1 atom stereocenters. The lowest BCUT2D eigenvalue weighted by Gasteiger charge is -2.06. The summed E-state index contributed by atoms with van der Waals surface area (Å²) >= 11 is 0. The zero-order chi connectivity index (χ0) is 12.3. The molecule has 1 rings (SSSR count). The molecule has 0 aliphatic heterocycles. The van der Waals surface area contributed by atoms with Crippen molar-refractivity contribution in [2.24, 2.45) is 0 Å². The van der Waals surface area contributed by atoms with Crippen LogP contribution in [0.3, 0.4) is 0 Å². The van der Waals surface area contributed by atoms with E-state index in [1.165, 1.54) is 5.56 Å². The Labute approximate surface area is 103 Å². The number of hydrogen-bond acceptors (Lipinski definition) is 3. The Kier molecular flexibility index (Phi) is 7.63. The van der Waals surface area contributed by atoms with Gasteiger partial charge in [0.1, 0.15) is 0 Å². The molecule has 0 radical (unpaired) electrons. The highest BCUT2D eigenvalue weighted by Crippen LogP contribution is 2.03. The highest BCUT2D eigenvalue weighted by molar-refractivity contribution is 5.13. The van der Waals surface area contributed by atoms with Gasteiger partial charge in [-0.3, -0.25) is 0 Å². The number of benzene rings is 1. The van der Waals surface area contributed by atoms with Crippen LogP contribution in [0, 0.1) is 0 Å². The van der Waals surface area contributed by atoms with Gasteiger partial charge < -0.3 is 14.6 Å². The number of unbranched alkanes of at least 4 members (excludes halogenated alkanes) is 2. The van der Waals surface area contributed by atoms with Gasteiger partial charge in [-0.05, 0) is 31.7 Å². The molecule has 0 aliphatic carbocycles. The molecule has 3 heteroatoms. The Morgan fingerprint density at radius 1 is 1.06 bits per heavy atom. The van der Waals surface area contributed by atoms with Crippen molar-refractivity contribution < 1.29 is 14.6 Å². The van der Waals surface area contributed by atoms with Gasteiger partial charge in [-0.1, -0.05) is 30.3 Å². The van der Waals surface area contributed by atoms with E-state index in [-0.39, 0.29) is 0 Å². The highest BCUT2D eigenvalue weighted by atomic mass is 16.6. The summed E-state index contributed by atoms with van der Waals surface area (Å²) < 4.78 is 10.6.